The number of carbonyl (C=O) groups excluding carboxylic acids is 1. The second kappa shape index (κ2) is 7.98. The third-order valence-electron chi connectivity index (χ3n) is 3.58. The molecule has 2 rings (SSSR count). The summed E-state index contributed by atoms with van der Waals surface area (Å²) in [4.78, 5) is 12.3. The predicted molar refractivity (Wildman–Crippen MR) is 95.7 cm³/mol. The number of carbonyl (C=O) groups is 1. The van der Waals surface area contributed by atoms with Crippen LogP contribution in [-0.2, 0) is 4.79 Å². The maximum atomic E-state index is 12.3. The van der Waals surface area contributed by atoms with Crippen molar-refractivity contribution in [2.45, 2.75) is 19.8 Å². The lowest BCUT2D eigenvalue weighted by Crippen LogP contribution is -2.13. The lowest BCUT2D eigenvalue weighted by molar-refractivity contribution is -0.112. The number of para-hydroxylation sites is 1. The largest absolute Gasteiger partial charge is 0.496 e. The molecule has 0 atom stereocenters. The Morgan fingerprint density at radius 3 is 2.50 bits per heavy atom. The van der Waals surface area contributed by atoms with E-state index in [1.54, 1.807) is 25.3 Å². The van der Waals surface area contributed by atoms with Gasteiger partial charge in [-0.3, -0.25) is 4.79 Å². The summed E-state index contributed by atoms with van der Waals surface area (Å²) in [5.74, 6) is 0.650. The van der Waals surface area contributed by atoms with Crippen LogP contribution in [0.15, 0.2) is 54.1 Å². The second-order valence-corrected chi connectivity index (χ2v) is 5.65. The van der Waals surface area contributed by atoms with E-state index in [-0.39, 0.29) is 11.5 Å². The third-order valence-corrected chi connectivity index (χ3v) is 3.58. The number of methoxy groups -OCH3 is 1. The molecule has 0 spiro atoms. The average Bonchev–Trinajstić information content (AvgIpc) is 2.60. The van der Waals surface area contributed by atoms with Crippen molar-refractivity contribution in [1.29, 1.82) is 5.26 Å². The number of nitrogens with one attached hydrogen (secondary N) is 1. The van der Waals surface area contributed by atoms with Gasteiger partial charge >= 0.3 is 0 Å². The fraction of sp³-hybridized carbons (Fsp3) is 0.200. The zero-order chi connectivity index (χ0) is 17.5. The van der Waals surface area contributed by atoms with Gasteiger partial charge in [-0.2, -0.15) is 5.26 Å². The number of ether oxygens (including phenoxy) is 1. The van der Waals surface area contributed by atoms with Crippen LogP contribution in [0.5, 0.6) is 5.75 Å². The van der Waals surface area contributed by atoms with E-state index in [0.29, 0.717) is 5.69 Å². The van der Waals surface area contributed by atoms with Crippen LogP contribution in [0.2, 0.25) is 0 Å². The highest BCUT2D eigenvalue weighted by molar-refractivity contribution is 6.09. The molecule has 0 aliphatic carbocycles. The van der Waals surface area contributed by atoms with Crippen LogP contribution in [0.25, 0.3) is 6.08 Å². The van der Waals surface area contributed by atoms with E-state index in [0.717, 1.165) is 16.9 Å². The molecule has 1 amide bonds. The summed E-state index contributed by atoms with van der Waals surface area (Å²) in [6, 6.07) is 16.6. The van der Waals surface area contributed by atoms with Crippen molar-refractivity contribution >= 4 is 17.7 Å². The van der Waals surface area contributed by atoms with E-state index < -0.39 is 5.91 Å². The average molecular weight is 320 g/mol. The summed E-state index contributed by atoms with van der Waals surface area (Å²) in [7, 11) is 1.63. The number of rotatable bonds is 5. The maximum Gasteiger partial charge on any atom is 0.266 e. The number of hydrogen-bond acceptors (Lipinski definition) is 3. The highest BCUT2D eigenvalue weighted by Crippen LogP contribution is 2.28. The Morgan fingerprint density at radius 2 is 1.92 bits per heavy atom. The highest BCUT2D eigenvalue weighted by atomic mass is 16.5. The van der Waals surface area contributed by atoms with E-state index >= 15 is 0 Å². The zero-order valence-corrected chi connectivity index (χ0v) is 14.0. The summed E-state index contributed by atoms with van der Waals surface area (Å²) in [5.41, 5.74) is 2.53. The molecular formula is C20H20N2O2. The van der Waals surface area contributed by atoms with E-state index in [1.807, 2.05) is 42.5 Å². The monoisotopic (exact) mass is 320 g/mol. The van der Waals surface area contributed by atoms with E-state index in [4.69, 9.17) is 4.74 Å². The molecule has 0 radical (unpaired) electrons. The van der Waals surface area contributed by atoms with Gasteiger partial charge in [-0.25, -0.2) is 0 Å². The molecule has 0 saturated carbocycles. The molecule has 0 aliphatic heterocycles. The van der Waals surface area contributed by atoms with Crippen molar-refractivity contribution in [3.63, 3.8) is 0 Å². The molecule has 0 unspecified atom stereocenters. The highest BCUT2D eigenvalue weighted by Gasteiger charge is 2.11. The van der Waals surface area contributed by atoms with Gasteiger partial charge in [0.2, 0.25) is 0 Å². The zero-order valence-electron chi connectivity index (χ0n) is 14.0. The molecule has 0 fully saturated rings. The normalized spacial score (nSPS) is 11.0. The van der Waals surface area contributed by atoms with Crippen molar-refractivity contribution in [2.24, 2.45) is 0 Å². The van der Waals surface area contributed by atoms with Gasteiger partial charge in [0.05, 0.1) is 7.11 Å². The van der Waals surface area contributed by atoms with Crippen molar-refractivity contribution in [2.75, 3.05) is 12.4 Å². The molecule has 2 aromatic rings. The van der Waals surface area contributed by atoms with Gasteiger partial charge < -0.3 is 10.1 Å². The summed E-state index contributed by atoms with van der Waals surface area (Å²) in [6.45, 7) is 4.14. The van der Waals surface area contributed by atoms with Gasteiger partial charge in [0, 0.05) is 5.69 Å². The first-order valence-electron chi connectivity index (χ1n) is 7.71. The van der Waals surface area contributed by atoms with Crippen LogP contribution in [0, 0.1) is 11.3 Å². The minimum atomic E-state index is -0.425. The van der Waals surface area contributed by atoms with Crippen LogP contribution in [0.1, 0.15) is 30.9 Å². The molecule has 0 saturated heterocycles. The first-order valence-corrected chi connectivity index (χ1v) is 7.71. The number of hydrogen-bond donors (Lipinski definition) is 1. The van der Waals surface area contributed by atoms with Gasteiger partial charge in [0.1, 0.15) is 17.4 Å². The number of nitriles is 1. The van der Waals surface area contributed by atoms with Gasteiger partial charge in [-0.05, 0) is 47.4 Å². The minimum Gasteiger partial charge on any atom is -0.496 e. The van der Waals surface area contributed by atoms with Crippen LogP contribution in [0.4, 0.5) is 5.69 Å². The molecule has 1 N–H and O–H groups in total. The van der Waals surface area contributed by atoms with E-state index in [9.17, 15) is 10.1 Å². The van der Waals surface area contributed by atoms with Crippen LogP contribution in [0.3, 0.4) is 0 Å². The number of nitrogens with zero attached hydrogens (tertiary/aromatic N) is 1. The van der Waals surface area contributed by atoms with Gasteiger partial charge in [-0.1, -0.05) is 38.1 Å². The molecule has 0 aliphatic rings. The minimum absolute atomic E-state index is 0.0544. The summed E-state index contributed by atoms with van der Waals surface area (Å²) in [5, 5.41) is 12.0. The fourth-order valence-corrected chi connectivity index (χ4v) is 2.33. The Bertz CT molecular complexity index is 787. The molecule has 4 heteroatoms. The van der Waals surface area contributed by atoms with Crippen molar-refractivity contribution < 1.29 is 9.53 Å². The summed E-state index contributed by atoms with van der Waals surface area (Å²) in [6.07, 6.45) is 1.59. The molecular weight excluding hydrogens is 300 g/mol. The van der Waals surface area contributed by atoms with Gasteiger partial charge in [0.15, 0.2) is 0 Å². The van der Waals surface area contributed by atoms with Gasteiger partial charge in [0.25, 0.3) is 5.91 Å². The first-order chi connectivity index (χ1) is 11.5. The molecule has 24 heavy (non-hydrogen) atoms. The smallest absolute Gasteiger partial charge is 0.266 e. The molecule has 4 nitrogen and oxygen atoms in total. The molecule has 0 bridgehead atoms. The topological polar surface area (TPSA) is 62.1 Å². The van der Waals surface area contributed by atoms with Crippen molar-refractivity contribution in [1.82, 2.24) is 0 Å². The molecule has 0 heterocycles. The standard InChI is InChI=1S/C20H20N2O2/c1-14(2)18-12-15(9-10-19(18)24-3)11-16(13-21)20(23)22-17-7-5-4-6-8-17/h4-12,14H,1-3H3,(H,22,23)/b16-11+. The number of amides is 1. The lowest BCUT2D eigenvalue weighted by Gasteiger charge is -2.12. The Kier molecular flexibility index (Phi) is 5.75. The fourth-order valence-electron chi connectivity index (χ4n) is 2.33. The third kappa shape index (κ3) is 4.23. The Balaban J connectivity index is 2.28. The summed E-state index contributed by atoms with van der Waals surface area (Å²) < 4.78 is 5.35. The first kappa shape index (κ1) is 17.3. The van der Waals surface area contributed by atoms with Crippen LogP contribution in [-0.4, -0.2) is 13.0 Å². The Labute approximate surface area is 142 Å². The molecule has 0 aromatic heterocycles. The SMILES string of the molecule is COc1ccc(/C=C(\C#N)C(=O)Nc2ccccc2)cc1C(C)C. The van der Waals surface area contributed by atoms with E-state index in [2.05, 4.69) is 19.2 Å². The Morgan fingerprint density at radius 1 is 1.21 bits per heavy atom. The maximum absolute atomic E-state index is 12.3. The number of anilines is 1. The van der Waals surface area contributed by atoms with E-state index in [1.165, 1.54) is 0 Å². The van der Waals surface area contributed by atoms with Crippen LogP contribution < -0.4 is 10.1 Å². The Hall–Kier alpha value is -3.06. The van der Waals surface area contributed by atoms with Crippen molar-refractivity contribution in [3.05, 3.63) is 65.2 Å². The quantitative estimate of drug-likeness (QED) is 0.657. The lowest BCUT2D eigenvalue weighted by atomic mass is 9.98. The van der Waals surface area contributed by atoms with Crippen LogP contribution >= 0.6 is 0 Å². The summed E-state index contributed by atoms with van der Waals surface area (Å²) >= 11 is 0. The van der Waals surface area contributed by atoms with Gasteiger partial charge in [-0.15, -0.1) is 0 Å². The molecule has 2 aromatic carbocycles. The molecule has 122 valence electrons. The van der Waals surface area contributed by atoms with Crippen molar-refractivity contribution in [3.8, 4) is 11.8 Å². The predicted octanol–water partition coefficient (Wildman–Crippen LogP) is 4.36. The second-order valence-electron chi connectivity index (χ2n) is 5.65. The number of benzene rings is 2.